The van der Waals surface area contributed by atoms with Gasteiger partial charge in [-0.25, -0.2) is 0 Å². The second kappa shape index (κ2) is 9.37. The van der Waals surface area contributed by atoms with Crippen LogP contribution in [0.2, 0.25) is 0 Å². The van der Waals surface area contributed by atoms with Crippen LogP contribution in [-0.2, 0) is 4.79 Å². The number of nitrogens with one attached hydrogen (secondary N) is 1. The van der Waals surface area contributed by atoms with Crippen LogP contribution in [0, 0.1) is 11.8 Å². The summed E-state index contributed by atoms with van der Waals surface area (Å²) in [4.78, 5) is 12.7. The second-order valence-electron chi connectivity index (χ2n) is 8.68. The zero-order valence-electron chi connectivity index (χ0n) is 17.5. The van der Waals surface area contributed by atoms with Gasteiger partial charge in [-0.1, -0.05) is 57.7 Å². The van der Waals surface area contributed by atoms with E-state index in [1.54, 1.807) is 6.26 Å². The molecule has 4 rings (SSSR count). The zero-order chi connectivity index (χ0) is 20.2. The first-order valence-electron chi connectivity index (χ1n) is 11.0. The molecule has 2 saturated carbocycles. The summed E-state index contributed by atoms with van der Waals surface area (Å²) in [6.45, 7) is 4.55. The number of amides is 1. The molecule has 2 aliphatic carbocycles. The molecule has 0 saturated heterocycles. The maximum Gasteiger partial charge on any atom is 0.230 e. The SMILES string of the molecule is CC1CCCC(NC(=O)CSc2nnc(-c3ccco3)n2C2CCCCC2)C1C. The summed E-state index contributed by atoms with van der Waals surface area (Å²) in [5, 5.41) is 12.9. The van der Waals surface area contributed by atoms with Gasteiger partial charge in [-0.15, -0.1) is 10.2 Å². The minimum atomic E-state index is 0.0960. The first-order chi connectivity index (χ1) is 14.1. The highest BCUT2D eigenvalue weighted by Gasteiger charge is 2.29. The summed E-state index contributed by atoms with van der Waals surface area (Å²) in [5.41, 5.74) is 0. The molecule has 6 nitrogen and oxygen atoms in total. The van der Waals surface area contributed by atoms with Crippen LogP contribution >= 0.6 is 11.8 Å². The number of aromatic nitrogens is 3. The molecule has 0 aromatic carbocycles. The summed E-state index contributed by atoms with van der Waals surface area (Å²) in [6.07, 6.45) is 11.2. The molecule has 2 aromatic heterocycles. The third-order valence-corrected chi connectivity index (χ3v) is 7.67. The van der Waals surface area contributed by atoms with Crippen LogP contribution in [0.15, 0.2) is 28.0 Å². The van der Waals surface area contributed by atoms with Gasteiger partial charge in [0.25, 0.3) is 0 Å². The molecular weight excluding hydrogens is 384 g/mol. The van der Waals surface area contributed by atoms with Crippen molar-refractivity contribution in [2.45, 2.75) is 82.5 Å². The zero-order valence-corrected chi connectivity index (χ0v) is 18.3. The van der Waals surface area contributed by atoms with Crippen LogP contribution in [0.4, 0.5) is 0 Å². The molecule has 1 amide bonds. The van der Waals surface area contributed by atoms with Crippen LogP contribution in [0.25, 0.3) is 11.6 Å². The molecule has 3 atom stereocenters. The Hall–Kier alpha value is -1.76. The fourth-order valence-electron chi connectivity index (χ4n) is 4.78. The highest BCUT2D eigenvalue weighted by molar-refractivity contribution is 7.99. The number of hydrogen-bond donors (Lipinski definition) is 1. The van der Waals surface area contributed by atoms with Crippen LogP contribution in [0.1, 0.15) is 71.3 Å². The monoisotopic (exact) mass is 416 g/mol. The van der Waals surface area contributed by atoms with Gasteiger partial charge in [-0.3, -0.25) is 9.36 Å². The quantitative estimate of drug-likeness (QED) is 0.665. The van der Waals surface area contributed by atoms with E-state index in [-0.39, 0.29) is 5.91 Å². The van der Waals surface area contributed by atoms with Gasteiger partial charge in [-0.2, -0.15) is 0 Å². The van der Waals surface area contributed by atoms with E-state index < -0.39 is 0 Å². The molecule has 2 aliphatic rings. The molecule has 1 N–H and O–H groups in total. The summed E-state index contributed by atoms with van der Waals surface area (Å²) >= 11 is 1.49. The van der Waals surface area contributed by atoms with E-state index >= 15 is 0 Å². The molecule has 2 heterocycles. The number of furan rings is 1. The number of hydrogen-bond acceptors (Lipinski definition) is 5. The minimum absolute atomic E-state index is 0.0960. The molecule has 158 valence electrons. The molecule has 0 radical (unpaired) electrons. The summed E-state index contributed by atoms with van der Waals surface area (Å²) < 4.78 is 7.81. The molecule has 0 aliphatic heterocycles. The van der Waals surface area contributed by atoms with Crippen LogP contribution in [0.5, 0.6) is 0 Å². The van der Waals surface area contributed by atoms with Gasteiger partial charge >= 0.3 is 0 Å². The van der Waals surface area contributed by atoms with Crippen molar-refractivity contribution in [2.75, 3.05) is 5.75 Å². The van der Waals surface area contributed by atoms with Crippen LogP contribution in [-0.4, -0.2) is 32.5 Å². The Labute approximate surface area is 177 Å². The molecule has 0 bridgehead atoms. The first kappa shape index (κ1) is 20.5. The van der Waals surface area contributed by atoms with E-state index in [9.17, 15) is 4.79 Å². The Morgan fingerprint density at radius 2 is 2.00 bits per heavy atom. The highest BCUT2D eigenvalue weighted by Crippen LogP contribution is 2.36. The average molecular weight is 417 g/mol. The molecular formula is C22H32N4O2S. The van der Waals surface area contributed by atoms with Crippen molar-refractivity contribution >= 4 is 17.7 Å². The van der Waals surface area contributed by atoms with E-state index in [0.717, 1.165) is 36.0 Å². The normalized spacial score (nSPS) is 25.8. The van der Waals surface area contributed by atoms with E-state index in [1.807, 2.05) is 12.1 Å². The lowest BCUT2D eigenvalue weighted by molar-refractivity contribution is -0.120. The molecule has 2 aromatic rings. The topological polar surface area (TPSA) is 73.0 Å². The lowest BCUT2D eigenvalue weighted by atomic mass is 9.78. The lowest BCUT2D eigenvalue weighted by Crippen LogP contribution is -2.44. The molecule has 29 heavy (non-hydrogen) atoms. The predicted molar refractivity (Wildman–Crippen MR) is 115 cm³/mol. The summed E-state index contributed by atoms with van der Waals surface area (Å²) in [5.74, 6) is 3.20. The molecule has 7 heteroatoms. The van der Waals surface area contributed by atoms with Gasteiger partial charge in [0.2, 0.25) is 11.7 Å². The number of thioether (sulfide) groups is 1. The van der Waals surface area contributed by atoms with Gasteiger partial charge in [0.1, 0.15) is 0 Å². The maximum atomic E-state index is 12.7. The average Bonchev–Trinajstić information content (AvgIpc) is 3.40. The Morgan fingerprint density at radius 1 is 1.17 bits per heavy atom. The molecule has 0 spiro atoms. The summed E-state index contributed by atoms with van der Waals surface area (Å²) in [6, 6.07) is 4.48. The van der Waals surface area contributed by atoms with E-state index in [2.05, 4.69) is 33.9 Å². The third-order valence-electron chi connectivity index (χ3n) is 6.73. The third kappa shape index (κ3) is 4.71. The minimum Gasteiger partial charge on any atom is -0.461 e. The highest BCUT2D eigenvalue weighted by atomic mass is 32.2. The van der Waals surface area contributed by atoms with Crippen molar-refractivity contribution in [1.29, 1.82) is 0 Å². The van der Waals surface area contributed by atoms with Crippen molar-refractivity contribution in [2.24, 2.45) is 11.8 Å². The van der Waals surface area contributed by atoms with E-state index in [0.29, 0.717) is 29.7 Å². The number of carbonyl (C=O) groups excluding carboxylic acids is 1. The van der Waals surface area contributed by atoms with Gasteiger partial charge in [-0.05, 0) is 43.2 Å². The smallest absolute Gasteiger partial charge is 0.230 e. The molecule has 3 unspecified atom stereocenters. The van der Waals surface area contributed by atoms with Gasteiger partial charge in [0, 0.05) is 12.1 Å². The van der Waals surface area contributed by atoms with Crippen molar-refractivity contribution in [3.8, 4) is 11.6 Å². The predicted octanol–water partition coefficient (Wildman–Crippen LogP) is 5.08. The van der Waals surface area contributed by atoms with Crippen molar-refractivity contribution < 1.29 is 9.21 Å². The Morgan fingerprint density at radius 3 is 2.76 bits per heavy atom. The lowest BCUT2D eigenvalue weighted by Gasteiger charge is -2.34. The second-order valence-corrected chi connectivity index (χ2v) is 9.62. The fraction of sp³-hybridized carbons (Fsp3) is 0.682. The van der Waals surface area contributed by atoms with Crippen molar-refractivity contribution in [1.82, 2.24) is 20.1 Å². The largest absolute Gasteiger partial charge is 0.461 e. The van der Waals surface area contributed by atoms with Crippen LogP contribution < -0.4 is 5.32 Å². The molecule has 2 fully saturated rings. The van der Waals surface area contributed by atoms with E-state index in [1.165, 1.54) is 43.9 Å². The van der Waals surface area contributed by atoms with Crippen LogP contribution in [0.3, 0.4) is 0 Å². The van der Waals surface area contributed by atoms with Gasteiger partial charge in [0.15, 0.2) is 10.9 Å². The maximum absolute atomic E-state index is 12.7. The number of rotatable bonds is 6. The number of carbonyl (C=O) groups is 1. The standard InChI is InChI=1S/C22H32N4O2S/c1-15-8-6-11-18(16(15)2)23-20(27)14-29-22-25-24-21(19-12-7-13-28-19)26(22)17-9-4-3-5-10-17/h7,12-13,15-18H,3-6,8-11,14H2,1-2H3,(H,23,27). The summed E-state index contributed by atoms with van der Waals surface area (Å²) in [7, 11) is 0. The van der Waals surface area contributed by atoms with Gasteiger partial charge < -0.3 is 9.73 Å². The van der Waals surface area contributed by atoms with Gasteiger partial charge in [0.05, 0.1) is 12.0 Å². The first-order valence-corrected chi connectivity index (χ1v) is 12.0. The van der Waals surface area contributed by atoms with E-state index in [4.69, 9.17) is 4.42 Å². The number of nitrogens with zero attached hydrogens (tertiary/aromatic N) is 3. The fourth-order valence-corrected chi connectivity index (χ4v) is 5.60. The Balaban J connectivity index is 1.45. The van der Waals surface area contributed by atoms with Crippen molar-refractivity contribution in [3.05, 3.63) is 18.4 Å². The Kier molecular flexibility index (Phi) is 6.63. The van der Waals surface area contributed by atoms with Crippen molar-refractivity contribution in [3.63, 3.8) is 0 Å². The Bertz CT molecular complexity index is 798.